The Morgan fingerprint density at radius 2 is 0.798 bits per heavy atom. The Bertz CT molecular complexity index is 5120. The second-order valence-corrected chi connectivity index (χ2v) is 38.8. The first-order chi connectivity index (χ1) is 58.9. The molecule has 0 aromatic rings. The molecule has 0 unspecified atom stereocenters. The third kappa shape index (κ3) is 28.3. The Morgan fingerprint density at radius 1 is 0.403 bits per heavy atom. The van der Waals surface area contributed by atoms with E-state index in [-0.39, 0.29) is 6.08 Å². The number of carbonyl (C=O) groups is 4. The molecule has 0 radical (unpaired) electrons. The number of ketones is 1. The van der Waals surface area contributed by atoms with E-state index in [2.05, 4.69) is 20.9 Å². The van der Waals surface area contributed by atoms with E-state index in [0.29, 0.717) is 13.8 Å². The Morgan fingerprint density at radius 3 is 1.26 bits per heavy atom. The first-order valence-corrected chi connectivity index (χ1v) is 47.8. The highest BCUT2D eigenvalue weighted by Gasteiger charge is 2.64. The van der Waals surface area contributed by atoms with Crippen LogP contribution in [0.2, 0.25) is 0 Å². The van der Waals surface area contributed by atoms with Crippen molar-refractivity contribution in [3.8, 4) is 0 Å². The average molecular weight is 2080 g/mol. The number of carboxylic acids is 2. The fourth-order valence-corrected chi connectivity index (χ4v) is 18.8. The lowest BCUT2D eigenvalue weighted by Crippen LogP contribution is -2.71. The molecular weight excluding hydrogens is 2000 g/mol. The molecule has 8 fully saturated rings. The average Bonchev–Trinajstić information content (AvgIpc) is 1.51. The maximum absolute atomic E-state index is 13.5. The van der Waals surface area contributed by atoms with Crippen molar-refractivity contribution < 1.29 is 299 Å². The Labute approximate surface area is 722 Å². The van der Waals surface area contributed by atoms with Gasteiger partial charge in [-0.25, -0.2) is 30.5 Å². The van der Waals surface area contributed by atoms with Crippen molar-refractivity contribution in [1.29, 1.82) is 0 Å². The molecule has 0 spiro atoms. The molecule has 748 valence electrons. The fraction of sp³-hybridized carbons (Fsp3) is 0.882. The van der Waals surface area contributed by atoms with Crippen molar-refractivity contribution in [3.05, 3.63) is 11.8 Å². The molecule has 0 aromatic carbocycles. The van der Waals surface area contributed by atoms with Crippen LogP contribution in [-0.2, 0) is 209 Å². The number of amides is 1. The Kier molecular flexibility index (Phi) is 34.7. The van der Waals surface area contributed by atoms with Crippen molar-refractivity contribution >= 4 is 117 Å². The fourth-order valence-electron chi connectivity index (χ4n) is 14.1. The van der Waals surface area contributed by atoms with Gasteiger partial charge in [-0.1, -0.05) is 0 Å². The van der Waals surface area contributed by atoms with Gasteiger partial charge in [-0.15, -0.1) is 0 Å². The number of aliphatic hydroxyl groups is 11. The smallest absolute Gasteiger partial charge is 0.397 e. The summed E-state index contributed by atoms with van der Waals surface area (Å²) in [6.07, 6.45) is -95.2. The van der Waals surface area contributed by atoms with Crippen LogP contribution in [0.15, 0.2) is 11.8 Å². The summed E-state index contributed by atoms with van der Waals surface area (Å²) >= 11 is 0. The van der Waals surface area contributed by atoms with Gasteiger partial charge in [0, 0.05) is 6.92 Å². The summed E-state index contributed by atoms with van der Waals surface area (Å²) in [5.74, 6) is -8.66. The van der Waals surface area contributed by atoms with E-state index in [1.807, 2.05) is 5.32 Å². The number of carbonyl (C=O) groups excluding carboxylic acids is 2. The molecule has 38 atom stereocenters. The van der Waals surface area contributed by atoms with E-state index in [1.54, 1.807) is 0 Å². The van der Waals surface area contributed by atoms with Gasteiger partial charge in [0.2, 0.25) is 18.0 Å². The number of aliphatic hydroxyl groups excluding tert-OH is 10. The number of hydrogen-bond donors (Lipinski definition) is 26. The normalized spacial score (nSPS) is 40.8. The molecule has 0 aromatic heterocycles. The molecule has 129 heavy (non-hydrogen) atoms. The van der Waals surface area contributed by atoms with Crippen LogP contribution in [-0.4, -0.2) is 472 Å². The van der Waals surface area contributed by atoms with E-state index < -0.39 is 387 Å². The largest absolute Gasteiger partial charge is 0.479 e. The predicted octanol–water partition coefficient (Wildman–Crippen LogP) is -18.8. The maximum Gasteiger partial charge on any atom is 0.397 e. The maximum atomic E-state index is 13.5. The zero-order valence-electron chi connectivity index (χ0n) is 63.5. The summed E-state index contributed by atoms with van der Waals surface area (Å²) in [4.78, 5) is 51.6. The monoisotopic (exact) mass is 2080 g/mol. The highest BCUT2D eigenvalue weighted by atomic mass is 32.3. The van der Waals surface area contributed by atoms with Crippen molar-refractivity contribution in [2.24, 2.45) is 0 Å². The molecule has 9 rings (SSSR count). The minimum absolute atomic E-state index is 0.235. The molecule has 0 aliphatic carbocycles. The van der Waals surface area contributed by atoms with Gasteiger partial charge in [0.15, 0.2) is 73.6 Å². The summed E-state index contributed by atoms with van der Waals surface area (Å²) in [5, 5.41) is 146. The van der Waals surface area contributed by atoms with Crippen LogP contribution in [0.1, 0.15) is 13.8 Å². The van der Waals surface area contributed by atoms with E-state index in [0.717, 1.165) is 0 Å². The highest BCUT2D eigenvalue weighted by molar-refractivity contribution is 7.86. The number of hydrogen-bond acceptors (Lipinski definition) is 54. The van der Waals surface area contributed by atoms with Crippen LogP contribution >= 0.6 is 0 Å². The lowest BCUT2D eigenvalue weighted by molar-refractivity contribution is -0.389. The molecule has 9 heterocycles. The van der Waals surface area contributed by atoms with Crippen LogP contribution in [0.3, 0.4) is 0 Å². The molecule has 1 amide bonds. The van der Waals surface area contributed by atoms with Crippen molar-refractivity contribution in [2.45, 2.75) is 252 Å². The molecule has 8 saturated heterocycles. The molecule has 0 saturated carbocycles. The minimum Gasteiger partial charge on any atom is -0.479 e. The van der Waals surface area contributed by atoms with Crippen LogP contribution < -0.4 is 19.5 Å². The van der Waals surface area contributed by atoms with Crippen molar-refractivity contribution in [1.82, 2.24) is 19.5 Å². The van der Waals surface area contributed by atoms with Crippen molar-refractivity contribution in [2.75, 3.05) is 26.4 Å². The van der Waals surface area contributed by atoms with Crippen LogP contribution in [0.5, 0.6) is 0 Å². The summed E-state index contributed by atoms with van der Waals surface area (Å²) < 4.78 is 425. The first-order valence-electron chi connectivity index (χ1n) is 35.2. The van der Waals surface area contributed by atoms with Crippen LogP contribution in [0.4, 0.5) is 0 Å². The number of fused-ring (bicyclic) bond motifs is 2. The highest BCUT2D eigenvalue weighted by Crippen LogP contribution is 2.42. The number of aliphatic carboxylic acids is 2. The van der Waals surface area contributed by atoms with E-state index in [9.17, 15) is 202 Å². The zero-order chi connectivity index (χ0) is 97.1. The third-order valence-corrected chi connectivity index (χ3v) is 24.4. The molecular formula is C51H80N4O65S9. The van der Waals surface area contributed by atoms with E-state index in [4.69, 9.17) is 75.8 Å². The lowest BCUT2D eigenvalue weighted by Gasteiger charge is -2.51. The van der Waals surface area contributed by atoms with E-state index in [1.165, 1.54) is 14.2 Å². The predicted molar refractivity (Wildman–Crippen MR) is 376 cm³/mol. The van der Waals surface area contributed by atoms with Gasteiger partial charge in [-0.05, 0) is 13.0 Å². The summed E-state index contributed by atoms with van der Waals surface area (Å²) in [6, 6.07) is -10.6. The quantitative estimate of drug-likeness (QED) is 0.0201. The second kappa shape index (κ2) is 41.4. The Hall–Kier alpha value is -4.55. The molecule has 78 heteroatoms. The number of nitrogens with one attached hydrogen (secondary N) is 4. The lowest BCUT2D eigenvalue weighted by atomic mass is 9.93. The number of rotatable bonds is 39. The number of carboxylic acid groups (broad SMARTS) is 2. The number of ether oxygens (including phenoxy) is 16. The molecule has 2 bridgehead atoms. The van der Waals surface area contributed by atoms with Gasteiger partial charge in [0.25, 0.3) is 10.1 Å². The van der Waals surface area contributed by atoms with Crippen LogP contribution in [0, 0.1) is 0 Å². The van der Waals surface area contributed by atoms with E-state index >= 15 is 0 Å². The number of Topliss-reactive ketones (excluding diaryl/α,β-unsaturated/α-hetero) is 1. The molecule has 69 nitrogen and oxygen atoms in total. The Balaban J connectivity index is 0.996. The molecule has 9 aliphatic heterocycles. The second-order valence-electron chi connectivity index (χ2n) is 28.3. The zero-order valence-corrected chi connectivity index (χ0v) is 70.8. The van der Waals surface area contributed by atoms with Gasteiger partial charge in [0.1, 0.15) is 165 Å². The van der Waals surface area contributed by atoms with Crippen molar-refractivity contribution in [3.63, 3.8) is 0 Å². The van der Waals surface area contributed by atoms with Gasteiger partial charge in [0.05, 0.1) is 26.4 Å². The minimum atomic E-state index is -6.39. The summed E-state index contributed by atoms with van der Waals surface area (Å²) in [6.45, 7) is -5.04. The standard InChI is InChI=1S/C51H80N4O65S9/c1-8(56)28-37(27(66)40(121(73,74)75)51(109-28)112-30-12-4-100-44(105-12)17(21(30)60)53-122(76,77)78)116-47-19(55-124(82,83)84)34(120-129(97,98)99)33(15(108-47)7-103-127(91,92)93)113-49-26(65)24(63)35(38(118-49)42(69)70)114-45-16(52-9(2)57)20(59)31(13(106-45)5-101-125(85,86)87)110-48-25(64)23(62)36(39(117-48)43(71)72)115-46-18(54-123(79,80)81)22(61)32(14(107-46)6-102-126(88,89)90)111-50-29(119-128(94,95)96)10(58)3-11(104-50)41(67)68/h3,10,12-40,42,44-51,53-55,58-66,69-70H,4-7H2,1-2H3,(H,52,57)(H,67,68)(H,71,72)(H,73,74,75)(H,76,77,78)(H,79,80,81)(H,82,83,84)(H,85,86,87)(H,88,89,90)(H,91,92,93)(H,94,95,96)(H,97,98,99)/t10-,12+,13+,14+,15+,16+,17-,18+,19+,20+,21+,22+,23+,24+,25+,26+,27-,28-,29+,30+,31+,32+,33+,34+,35-,36-,37-,38-,39+,40+,44+,45+,46+,47+,48+,49+,50-,51-/m0/s1. The van der Waals surface area contributed by atoms with Crippen LogP contribution in [0.25, 0.3) is 0 Å². The summed E-state index contributed by atoms with van der Waals surface area (Å²) in [5.41, 5.74) is 0. The molecule has 26 N–H and O–H groups in total. The SMILES string of the molecule is CC(=O)N[C@H]1[C@@H](O[C@H]2[C@H](O)[C@@H](O)[C@H](O[C@H]3[C@H](OS(=O)(=O)O)[C@@H](NS(=O)(=O)O)[C@@H](O[C@H]4[C@H](O)[C@@H](S(=O)(=O)O)[C@H](O[C@H]5[C@H](O)[C@H](NS(=O)(=O)O)[C@@H]6OC[C@H]5O6)O[C@H]4C(C)=O)O[C@@H]3COS(=O)(=O)O)O[C@@H]2C(O)O)O[C@H](COS(=O)(=O)O)[C@@H](O[C@@H]2O[C@@H](C(=O)O)[C@@H](O[C@H]3O[C@H](COS(=O)(=O)O)[C@@H](O[C@@H]4OC(C(=O)O)=C[C@H](O)[C@H]4OS(=O)(=O)O)[C@H](O)[C@H]3NS(=O)(=O)O)[C@H](O)[C@H]2O)[C@@H]1O. The topological polar surface area (TPSA) is 1060 Å². The van der Waals surface area contributed by atoms with Gasteiger partial charge < -0.3 is 147 Å². The summed E-state index contributed by atoms with van der Waals surface area (Å²) in [7, 11) is -53.0. The van der Waals surface area contributed by atoms with Gasteiger partial charge >= 0.3 is 94.8 Å². The molecule has 9 aliphatic rings. The van der Waals surface area contributed by atoms with Gasteiger partial charge in [-0.3, -0.25) is 50.6 Å². The third-order valence-electron chi connectivity index (χ3n) is 19.3. The van der Waals surface area contributed by atoms with Gasteiger partial charge in [-0.2, -0.15) is 89.9 Å². The first kappa shape index (κ1) is 108.